The molecule has 1 aromatic heterocycles. The number of hydrogen-bond donors (Lipinski definition) is 0. The molecular formula is C33H40Cl4N4O3S. The summed E-state index contributed by atoms with van der Waals surface area (Å²) in [5, 5.41) is 1.98. The Kier molecular flexibility index (Phi) is 12.7. The Morgan fingerprint density at radius 1 is 0.778 bits per heavy atom. The predicted octanol–water partition coefficient (Wildman–Crippen LogP) is 9.23. The minimum absolute atomic E-state index is 0.275. The highest BCUT2D eigenvalue weighted by Crippen LogP contribution is 2.45. The van der Waals surface area contributed by atoms with Crippen LogP contribution in [0.2, 0.25) is 20.1 Å². The Morgan fingerprint density at radius 2 is 1.44 bits per heavy atom. The first-order valence-electron chi connectivity index (χ1n) is 15.4. The number of benzene rings is 2. The Morgan fingerprint density at radius 3 is 2.09 bits per heavy atom. The number of nitrogens with zero attached hydrogens (tertiary/aromatic N) is 4. The molecule has 0 amide bonds. The van der Waals surface area contributed by atoms with Crippen molar-refractivity contribution in [2.75, 3.05) is 28.6 Å². The van der Waals surface area contributed by atoms with Crippen molar-refractivity contribution in [2.24, 2.45) is 0 Å². The molecule has 12 heteroatoms. The Labute approximate surface area is 287 Å². The van der Waals surface area contributed by atoms with Crippen molar-refractivity contribution in [3.8, 4) is 0 Å². The summed E-state index contributed by atoms with van der Waals surface area (Å²) in [6.45, 7) is 9.25. The zero-order valence-electron chi connectivity index (χ0n) is 25.9. The van der Waals surface area contributed by atoms with Crippen LogP contribution in [0.15, 0.2) is 54.4 Å². The summed E-state index contributed by atoms with van der Waals surface area (Å²) in [6, 6.07) is 7.58. The molecule has 0 fully saturated rings. The van der Waals surface area contributed by atoms with E-state index in [0.29, 0.717) is 39.6 Å². The molecule has 1 aliphatic rings. The van der Waals surface area contributed by atoms with Crippen LogP contribution in [0.5, 0.6) is 0 Å². The molecule has 7 nitrogen and oxygen atoms in total. The number of anilines is 2. The van der Waals surface area contributed by atoms with Gasteiger partial charge < -0.3 is 14.4 Å². The van der Waals surface area contributed by atoms with Crippen molar-refractivity contribution in [1.82, 2.24) is 4.57 Å². The van der Waals surface area contributed by atoms with Gasteiger partial charge in [-0.3, -0.25) is 0 Å². The van der Waals surface area contributed by atoms with E-state index >= 15 is 0 Å². The van der Waals surface area contributed by atoms with E-state index in [0.717, 1.165) is 60.0 Å². The quantitative estimate of drug-likeness (QED) is 0.0680. The van der Waals surface area contributed by atoms with Crippen molar-refractivity contribution in [3.05, 3.63) is 80.3 Å². The maximum atomic E-state index is 11.1. The number of unbranched alkanes of at least 4 members (excludes halogenated alkanes) is 4. The highest BCUT2D eigenvalue weighted by molar-refractivity contribution is 7.85. The highest BCUT2D eigenvalue weighted by atomic mass is 35.5. The van der Waals surface area contributed by atoms with E-state index in [4.69, 9.17) is 46.4 Å². The van der Waals surface area contributed by atoms with E-state index in [-0.39, 0.29) is 12.2 Å². The Hall–Kier alpha value is -2.20. The number of allylic oxidation sites excluding steroid dienone is 4. The average Bonchev–Trinajstić information content (AvgIpc) is 3.42. The molecular weight excluding hydrogens is 674 g/mol. The lowest BCUT2D eigenvalue weighted by atomic mass is 10.2. The number of rotatable bonds is 15. The van der Waals surface area contributed by atoms with Crippen LogP contribution in [0.1, 0.15) is 65.1 Å². The molecule has 1 aliphatic heterocycles. The molecule has 4 rings (SSSR count). The van der Waals surface area contributed by atoms with Gasteiger partial charge in [0.25, 0.3) is 5.82 Å². The first-order chi connectivity index (χ1) is 21.5. The molecule has 2 aromatic carbocycles. The molecule has 0 unspecified atom stereocenters. The normalized spacial score (nSPS) is 14.7. The molecule has 244 valence electrons. The largest absolute Gasteiger partial charge is 0.748 e. The van der Waals surface area contributed by atoms with Gasteiger partial charge in [-0.2, -0.15) is 0 Å². The van der Waals surface area contributed by atoms with Gasteiger partial charge in [0.2, 0.25) is 0 Å². The van der Waals surface area contributed by atoms with Gasteiger partial charge in [0.05, 0.1) is 54.7 Å². The van der Waals surface area contributed by atoms with Crippen LogP contribution in [0.3, 0.4) is 0 Å². The van der Waals surface area contributed by atoms with Gasteiger partial charge in [-0.1, -0.05) is 84.4 Å². The molecule has 0 saturated carbocycles. The summed E-state index contributed by atoms with van der Waals surface area (Å²) in [4.78, 5) is 4.24. The summed E-state index contributed by atoms with van der Waals surface area (Å²) in [7, 11) is -4.26. The first-order valence-corrected chi connectivity index (χ1v) is 18.5. The van der Waals surface area contributed by atoms with E-state index < -0.39 is 10.1 Å². The van der Waals surface area contributed by atoms with Crippen LogP contribution in [-0.2, 0) is 23.2 Å². The molecule has 0 saturated heterocycles. The summed E-state index contributed by atoms with van der Waals surface area (Å²) >= 11 is 25.6. The third-order valence-electron chi connectivity index (χ3n) is 7.91. The van der Waals surface area contributed by atoms with Gasteiger partial charge in [0.15, 0.2) is 11.0 Å². The van der Waals surface area contributed by atoms with Crippen LogP contribution in [0, 0.1) is 0 Å². The van der Waals surface area contributed by atoms with Crippen LogP contribution in [-0.4, -0.2) is 36.4 Å². The first kappa shape index (κ1) is 35.7. The van der Waals surface area contributed by atoms with Gasteiger partial charge in [-0.15, -0.1) is 0 Å². The minimum atomic E-state index is -4.26. The second kappa shape index (κ2) is 16.1. The second-order valence-electron chi connectivity index (χ2n) is 11.0. The average molecular weight is 715 g/mol. The third kappa shape index (κ3) is 8.59. The highest BCUT2D eigenvalue weighted by Gasteiger charge is 2.31. The Bertz CT molecular complexity index is 1720. The summed E-state index contributed by atoms with van der Waals surface area (Å²) in [5.74, 6) is 1.60. The maximum Gasteiger partial charge on any atom is 0.282 e. The molecule has 0 atom stereocenters. The van der Waals surface area contributed by atoms with Crippen LogP contribution in [0.25, 0.3) is 17.1 Å². The molecule has 45 heavy (non-hydrogen) atoms. The van der Waals surface area contributed by atoms with E-state index in [1.807, 2.05) is 48.6 Å². The van der Waals surface area contributed by atoms with E-state index in [2.05, 4.69) is 45.8 Å². The number of aryl methyl sites for hydroxylation is 2. The summed E-state index contributed by atoms with van der Waals surface area (Å²) in [6.07, 6.45) is 15.5. The van der Waals surface area contributed by atoms with E-state index in [1.165, 1.54) is 12.8 Å². The summed E-state index contributed by atoms with van der Waals surface area (Å²) < 4.78 is 38.0. The lowest BCUT2D eigenvalue weighted by Crippen LogP contribution is -2.36. The molecule has 0 aliphatic carbocycles. The van der Waals surface area contributed by atoms with Gasteiger partial charge in [-0.05, 0) is 57.7 Å². The lowest BCUT2D eigenvalue weighted by Gasteiger charge is -2.24. The van der Waals surface area contributed by atoms with Crippen molar-refractivity contribution in [2.45, 2.75) is 72.4 Å². The molecule has 0 N–H and O–H groups in total. The fourth-order valence-corrected chi connectivity index (χ4v) is 6.98. The van der Waals surface area contributed by atoms with Crippen molar-refractivity contribution < 1.29 is 17.5 Å². The maximum absolute atomic E-state index is 11.1. The summed E-state index contributed by atoms with van der Waals surface area (Å²) in [5.41, 5.74) is 3.93. The topological polar surface area (TPSA) is 72.5 Å². The second-order valence-corrected chi connectivity index (χ2v) is 14.1. The predicted molar refractivity (Wildman–Crippen MR) is 189 cm³/mol. The van der Waals surface area contributed by atoms with Gasteiger partial charge in [0.1, 0.15) is 5.82 Å². The molecule has 0 radical (unpaired) electrons. The molecule has 0 spiro atoms. The van der Waals surface area contributed by atoms with E-state index in [1.54, 1.807) is 0 Å². The number of hydrogen-bond acceptors (Lipinski definition) is 5. The van der Waals surface area contributed by atoms with E-state index in [9.17, 15) is 13.0 Å². The van der Waals surface area contributed by atoms with Crippen molar-refractivity contribution >= 4 is 85.0 Å². The zero-order valence-corrected chi connectivity index (χ0v) is 29.7. The van der Waals surface area contributed by atoms with Crippen LogP contribution >= 0.6 is 46.4 Å². The van der Waals surface area contributed by atoms with Gasteiger partial charge >= 0.3 is 0 Å². The fourth-order valence-electron chi connectivity index (χ4n) is 5.79. The van der Waals surface area contributed by atoms with Crippen molar-refractivity contribution in [3.63, 3.8) is 0 Å². The minimum Gasteiger partial charge on any atom is -0.748 e. The fraction of sp³-hybridized carbons (Fsp3) is 0.424. The van der Waals surface area contributed by atoms with Gasteiger partial charge in [-0.25, -0.2) is 17.6 Å². The molecule has 3 aromatic rings. The monoisotopic (exact) mass is 712 g/mol. The van der Waals surface area contributed by atoms with Crippen molar-refractivity contribution in [1.29, 1.82) is 0 Å². The number of imidazole rings is 1. The SMILES string of the molecule is CCCCCC[n+]1c(/C=C/C=C/C=C2/N(CC)c3cc(Cl)c(Cl)cc3N2CCCCS(=O)(=O)[O-])n(CC)c2cc(Cl)c(Cl)cc21. The number of fused-ring (bicyclic) bond motifs is 2. The molecule has 0 bridgehead atoms. The van der Waals surface area contributed by atoms with Crippen LogP contribution in [0.4, 0.5) is 11.4 Å². The standard InChI is InChI=1S/C33H40Cl4N4O3S/c1-4-7-8-12-17-40-30-22-26(36)24(34)20-28(30)38(5-2)32(40)15-10-9-11-16-33-39(6-3)29-21-25(35)27(37)23-31(29)41(33)18-13-14-19-45(42,43)44/h9-11,15-16,20-23H,4-8,12-14,17-19H2,1-3H3. The Balaban J connectivity index is 1.65. The lowest BCUT2D eigenvalue weighted by molar-refractivity contribution is -0.674. The molecule has 2 heterocycles. The van der Waals surface area contributed by atoms with Crippen LogP contribution < -0.4 is 14.4 Å². The number of aromatic nitrogens is 2. The number of halogens is 4. The third-order valence-corrected chi connectivity index (χ3v) is 10.1. The smallest absolute Gasteiger partial charge is 0.282 e. The van der Waals surface area contributed by atoms with Gasteiger partial charge in [0, 0.05) is 37.1 Å². The zero-order chi connectivity index (χ0) is 32.7.